The van der Waals surface area contributed by atoms with Gasteiger partial charge in [0.1, 0.15) is 12.6 Å². The molecular formula is C21H22N2O5. The Morgan fingerprint density at radius 2 is 1.89 bits per heavy atom. The fraction of sp³-hybridized carbons (Fsp3) is 0.333. The highest BCUT2D eigenvalue weighted by molar-refractivity contribution is 6.10. The van der Waals surface area contributed by atoms with Crippen LogP contribution in [0.4, 0.5) is 5.69 Å². The number of carbonyl (C=O) groups excluding carboxylic acids is 2. The highest BCUT2D eigenvalue weighted by atomic mass is 16.5. The molecule has 0 radical (unpaired) electrons. The van der Waals surface area contributed by atoms with Crippen molar-refractivity contribution in [2.45, 2.75) is 25.2 Å². The maximum atomic E-state index is 13.1. The number of rotatable bonds is 5. The van der Waals surface area contributed by atoms with Crippen molar-refractivity contribution in [3.05, 3.63) is 53.6 Å². The number of ether oxygens (including phenoxy) is 3. The first kappa shape index (κ1) is 18.3. The van der Waals surface area contributed by atoms with Gasteiger partial charge in [0.25, 0.3) is 5.91 Å². The molecule has 0 unspecified atom stereocenters. The lowest BCUT2D eigenvalue weighted by Gasteiger charge is -2.20. The van der Waals surface area contributed by atoms with Crippen LogP contribution in [0.3, 0.4) is 0 Å². The van der Waals surface area contributed by atoms with Crippen molar-refractivity contribution in [1.82, 2.24) is 4.90 Å². The van der Waals surface area contributed by atoms with Crippen molar-refractivity contribution in [3.63, 3.8) is 0 Å². The third kappa shape index (κ3) is 3.29. The van der Waals surface area contributed by atoms with Crippen molar-refractivity contribution >= 4 is 17.5 Å². The zero-order valence-corrected chi connectivity index (χ0v) is 15.8. The first-order valence-electron chi connectivity index (χ1n) is 9.14. The normalized spacial score (nSPS) is 20.9. The molecule has 146 valence electrons. The largest absolute Gasteiger partial charge is 0.493 e. The number of hydrogen-bond donors (Lipinski definition) is 1. The van der Waals surface area contributed by atoms with Crippen molar-refractivity contribution in [2.24, 2.45) is 0 Å². The molecule has 2 aliphatic heterocycles. The van der Waals surface area contributed by atoms with Crippen LogP contribution < -0.4 is 14.8 Å². The molecule has 1 N–H and O–H groups in total. The third-order valence-corrected chi connectivity index (χ3v) is 5.19. The lowest BCUT2D eigenvalue weighted by molar-refractivity contribution is -0.119. The Bertz CT molecular complexity index is 899. The molecular weight excluding hydrogens is 360 g/mol. The van der Waals surface area contributed by atoms with Gasteiger partial charge >= 0.3 is 0 Å². The molecule has 28 heavy (non-hydrogen) atoms. The Morgan fingerprint density at radius 1 is 1.11 bits per heavy atom. The van der Waals surface area contributed by atoms with Crippen molar-refractivity contribution < 1.29 is 23.8 Å². The molecule has 1 fully saturated rings. The highest BCUT2D eigenvalue weighted by Crippen LogP contribution is 2.38. The Labute approximate surface area is 163 Å². The number of benzene rings is 2. The first-order valence-corrected chi connectivity index (χ1v) is 9.14. The van der Waals surface area contributed by atoms with Crippen LogP contribution in [-0.4, -0.2) is 49.6 Å². The molecule has 1 saturated heterocycles. The van der Waals surface area contributed by atoms with E-state index < -0.39 is 6.04 Å². The summed E-state index contributed by atoms with van der Waals surface area (Å²) in [6, 6.07) is 12.5. The van der Waals surface area contributed by atoms with Gasteiger partial charge in [-0.2, -0.15) is 0 Å². The summed E-state index contributed by atoms with van der Waals surface area (Å²) in [5, 5.41) is 2.87. The number of amides is 2. The summed E-state index contributed by atoms with van der Waals surface area (Å²) >= 11 is 0. The zero-order valence-electron chi connectivity index (χ0n) is 15.8. The number of hydrogen-bond acceptors (Lipinski definition) is 5. The minimum absolute atomic E-state index is 0.142. The topological polar surface area (TPSA) is 77.1 Å². The van der Waals surface area contributed by atoms with E-state index in [-0.39, 0.29) is 17.9 Å². The van der Waals surface area contributed by atoms with E-state index >= 15 is 0 Å². The van der Waals surface area contributed by atoms with E-state index in [1.807, 2.05) is 30.3 Å². The van der Waals surface area contributed by atoms with E-state index in [0.717, 1.165) is 5.56 Å². The molecule has 2 aromatic carbocycles. The SMILES string of the molecule is COc1cc2c(cc1OCc1ccccc1)NC(=O)[C@@H]1C[C@@H](OC)CN1C2=O. The number of nitrogens with one attached hydrogen (secondary N) is 1. The monoisotopic (exact) mass is 382 g/mol. The van der Waals surface area contributed by atoms with E-state index in [9.17, 15) is 9.59 Å². The van der Waals surface area contributed by atoms with Crippen LogP contribution in [0.25, 0.3) is 0 Å². The minimum Gasteiger partial charge on any atom is -0.493 e. The lowest BCUT2D eigenvalue weighted by atomic mass is 10.1. The molecule has 7 nitrogen and oxygen atoms in total. The smallest absolute Gasteiger partial charge is 0.256 e. The van der Waals surface area contributed by atoms with E-state index in [1.54, 1.807) is 24.1 Å². The molecule has 0 aromatic heterocycles. The summed E-state index contributed by atoms with van der Waals surface area (Å²) in [5.74, 6) is 0.477. The van der Waals surface area contributed by atoms with E-state index in [4.69, 9.17) is 14.2 Å². The van der Waals surface area contributed by atoms with Gasteiger partial charge in [0, 0.05) is 26.1 Å². The maximum Gasteiger partial charge on any atom is 0.256 e. The number of methoxy groups -OCH3 is 2. The van der Waals surface area contributed by atoms with Crippen LogP contribution in [0.1, 0.15) is 22.3 Å². The number of nitrogens with zero attached hydrogens (tertiary/aromatic N) is 1. The average molecular weight is 382 g/mol. The fourth-order valence-corrected chi connectivity index (χ4v) is 3.66. The quantitative estimate of drug-likeness (QED) is 0.860. The molecule has 2 atom stereocenters. The van der Waals surface area contributed by atoms with Gasteiger partial charge in [-0.15, -0.1) is 0 Å². The lowest BCUT2D eigenvalue weighted by Crippen LogP contribution is -2.40. The van der Waals surface area contributed by atoms with Gasteiger partial charge in [-0.3, -0.25) is 9.59 Å². The maximum absolute atomic E-state index is 13.1. The standard InChI is InChI=1S/C21H22N2O5/c1-26-14-8-17-20(24)22-16-10-19(28-12-13-6-4-3-5-7-13)18(27-2)9-15(16)21(25)23(17)11-14/h3-7,9-10,14,17H,8,11-12H2,1-2H3,(H,22,24)/t14-,17+/m1/s1. The minimum atomic E-state index is -0.537. The van der Waals surface area contributed by atoms with E-state index in [1.165, 1.54) is 7.11 Å². The zero-order chi connectivity index (χ0) is 19.7. The van der Waals surface area contributed by atoms with Crippen LogP contribution in [-0.2, 0) is 16.1 Å². The van der Waals surface area contributed by atoms with Crippen LogP contribution in [0.2, 0.25) is 0 Å². The molecule has 4 rings (SSSR count). The Morgan fingerprint density at radius 3 is 2.61 bits per heavy atom. The molecule has 2 aliphatic rings. The molecule has 2 aromatic rings. The van der Waals surface area contributed by atoms with Gasteiger partial charge in [-0.25, -0.2) is 0 Å². The predicted octanol–water partition coefficient (Wildman–Crippen LogP) is 2.46. The number of carbonyl (C=O) groups is 2. The average Bonchev–Trinajstić information content (AvgIpc) is 3.14. The summed E-state index contributed by atoms with van der Waals surface area (Å²) < 4.78 is 16.7. The number of fused-ring (bicyclic) bond motifs is 2. The fourth-order valence-electron chi connectivity index (χ4n) is 3.66. The first-order chi connectivity index (χ1) is 13.6. The summed E-state index contributed by atoms with van der Waals surface area (Å²) in [6.45, 7) is 0.740. The van der Waals surface area contributed by atoms with E-state index in [2.05, 4.69) is 5.32 Å². The van der Waals surface area contributed by atoms with Crippen LogP contribution in [0, 0.1) is 0 Å². The molecule has 0 bridgehead atoms. The van der Waals surface area contributed by atoms with Gasteiger partial charge in [-0.05, 0) is 11.6 Å². The van der Waals surface area contributed by atoms with Crippen LogP contribution in [0.15, 0.2) is 42.5 Å². The molecule has 2 heterocycles. The van der Waals surface area contributed by atoms with Gasteiger partial charge in [-0.1, -0.05) is 30.3 Å². The predicted molar refractivity (Wildman–Crippen MR) is 103 cm³/mol. The summed E-state index contributed by atoms with van der Waals surface area (Å²) in [7, 11) is 3.11. The molecule has 0 saturated carbocycles. The van der Waals surface area contributed by atoms with Crippen molar-refractivity contribution in [1.29, 1.82) is 0 Å². The Hall–Kier alpha value is -3.06. The van der Waals surface area contributed by atoms with Gasteiger partial charge < -0.3 is 24.4 Å². The van der Waals surface area contributed by atoms with Gasteiger partial charge in [0.2, 0.25) is 5.91 Å². The Kier molecular flexibility index (Phi) is 4.92. The van der Waals surface area contributed by atoms with Gasteiger partial charge in [0.05, 0.1) is 24.5 Å². The second-order valence-corrected chi connectivity index (χ2v) is 6.88. The van der Waals surface area contributed by atoms with Crippen LogP contribution >= 0.6 is 0 Å². The van der Waals surface area contributed by atoms with Crippen molar-refractivity contribution in [3.8, 4) is 11.5 Å². The van der Waals surface area contributed by atoms with Crippen molar-refractivity contribution in [2.75, 3.05) is 26.1 Å². The third-order valence-electron chi connectivity index (χ3n) is 5.19. The molecule has 2 amide bonds. The summed E-state index contributed by atoms with van der Waals surface area (Å²) in [6.07, 6.45) is 0.341. The molecule has 0 spiro atoms. The van der Waals surface area contributed by atoms with E-state index in [0.29, 0.717) is 42.3 Å². The number of anilines is 1. The molecule has 0 aliphatic carbocycles. The summed E-state index contributed by atoms with van der Waals surface area (Å²) in [5.41, 5.74) is 1.82. The highest BCUT2D eigenvalue weighted by Gasteiger charge is 2.43. The van der Waals surface area contributed by atoms with Crippen LogP contribution in [0.5, 0.6) is 11.5 Å². The molecule has 7 heteroatoms. The Balaban J connectivity index is 1.65. The second kappa shape index (κ2) is 7.52. The summed E-state index contributed by atoms with van der Waals surface area (Å²) in [4.78, 5) is 27.3. The second-order valence-electron chi connectivity index (χ2n) is 6.88. The van der Waals surface area contributed by atoms with Gasteiger partial charge in [0.15, 0.2) is 11.5 Å².